The van der Waals surface area contributed by atoms with Gasteiger partial charge in [0.2, 0.25) is 0 Å². The number of unbranched alkanes of at least 4 members (excludes halogenated alkanes) is 5. The van der Waals surface area contributed by atoms with Gasteiger partial charge in [-0.15, -0.1) is 0 Å². The molecule has 0 aliphatic rings. The van der Waals surface area contributed by atoms with Crippen molar-refractivity contribution in [3.05, 3.63) is 22.2 Å². The van der Waals surface area contributed by atoms with E-state index in [1.807, 2.05) is 0 Å². The van der Waals surface area contributed by atoms with Crippen LogP contribution in [0.2, 0.25) is 0 Å². The molecule has 4 nitrogen and oxygen atoms in total. The fourth-order valence-electron chi connectivity index (χ4n) is 1.73. The fourth-order valence-corrected chi connectivity index (χ4v) is 1.73. The second-order valence-corrected chi connectivity index (χ2v) is 4.15. The predicted octanol–water partition coefficient (Wildman–Crippen LogP) is 2.26. The minimum atomic E-state index is -0.371. The van der Waals surface area contributed by atoms with Crippen LogP contribution in [0.15, 0.2) is 11.0 Å². The molecule has 90 valence electrons. The van der Waals surface area contributed by atoms with E-state index >= 15 is 0 Å². The molecule has 0 spiro atoms. The van der Waals surface area contributed by atoms with E-state index in [4.69, 9.17) is 5.73 Å². The number of nitrogens with one attached hydrogen (secondary N) is 1. The van der Waals surface area contributed by atoms with Gasteiger partial charge in [-0.05, 0) is 12.8 Å². The van der Waals surface area contributed by atoms with Crippen LogP contribution in [0, 0.1) is 0 Å². The number of nitrogen functional groups attached to an aromatic ring is 1. The topological polar surface area (TPSA) is 71.8 Å². The van der Waals surface area contributed by atoms with Crippen molar-refractivity contribution >= 4 is 5.82 Å². The molecule has 0 bridgehead atoms. The summed E-state index contributed by atoms with van der Waals surface area (Å²) in [5.74, 6) is 0.466. The zero-order chi connectivity index (χ0) is 11.8. The Morgan fingerprint density at radius 3 is 2.62 bits per heavy atom. The highest BCUT2D eigenvalue weighted by molar-refractivity contribution is 5.36. The van der Waals surface area contributed by atoms with E-state index in [0.29, 0.717) is 5.82 Å². The van der Waals surface area contributed by atoms with Crippen LogP contribution >= 0.6 is 0 Å². The minimum absolute atomic E-state index is 0.371. The first-order valence-electron chi connectivity index (χ1n) is 6.07. The van der Waals surface area contributed by atoms with Crippen LogP contribution in [0.4, 0.5) is 5.82 Å². The standard InChI is InChI=1S/C12H21N3O/c1-2-3-4-5-6-7-8-10-9-14-12(16)15-11(10)13/h9H,2-8H2,1H3,(H3,13,14,15,16). The van der Waals surface area contributed by atoms with Crippen molar-refractivity contribution < 1.29 is 0 Å². The van der Waals surface area contributed by atoms with Crippen molar-refractivity contribution in [2.75, 3.05) is 5.73 Å². The third kappa shape index (κ3) is 4.47. The highest BCUT2D eigenvalue weighted by Gasteiger charge is 2.00. The van der Waals surface area contributed by atoms with Gasteiger partial charge in [0.25, 0.3) is 0 Å². The van der Waals surface area contributed by atoms with Gasteiger partial charge in [0.1, 0.15) is 5.82 Å². The van der Waals surface area contributed by atoms with E-state index in [0.717, 1.165) is 18.4 Å². The summed E-state index contributed by atoms with van der Waals surface area (Å²) in [5, 5.41) is 0. The Bertz CT molecular complexity index is 360. The number of hydrogen-bond donors (Lipinski definition) is 2. The Balaban J connectivity index is 2.24. The van der Waals surface area contributed by atoms with Gasteiger partial charge in [-0.1, -0.05) is 39.0 Å². The van der Waals surface area contributed by atoms with Crippen molar-refractivity contribution in [2.45, 2.75) is 51.9 Å². The molecule has 0 saturated heterocycles. The summed E-state index contributed by atoms with van der Waals surface area (Å²) in [6.45, 7) is 2.21. The summed E-state index contributed by atoms with van der Waals surface area (Å²) in [6.07, 6.45) is 10.0. The average Bonchev–Trinajstić information content (AvgIpc) is 2.26. The summed E-state index contributed by atoms with van der Waals surface area (Å²) in [6, 6.07) is 0. The van der Waals surface area contributed by atoms with E-state index in [1.54, 1.807) is 6.20 Å². The molecule has 1 aromatic heterocycles. The number of nitrogens with two attached hydrogens (primary N) is 1. The second-order valence-electron chi connectivity index (χ2n) is 4.15. The molecule has 0 unspecified atom stereocenters. The Labute approximate surface area is 96.3 Å². The molecule has 1 heterocycles. The largest absolute Gasteiger partial charge is 0.385 e. The lowest BCUT2D eigenvalue weighted by Gasteiger charge is -2.03. The quantitative estimate of drug-likeness (QED) is 0.696. The van der Waals surface area contributed by atoms with Crippen LogP contribution in [-0.2, 0) is 6.42 Å². The molecular weight excluding hydrogens is 202 g/mol. The molecule has 1 rings (SSSR count). The first-order valence-corrected chi connectivity index (χ1v) is 6.07. The second kappa shape index (κ2) is 7.04. The van der Waals surface area contributed by atoms with Gasteiger partial charge in [0, 0.05) is 11.8 Å². The molecule has 0 aromatic carbocycles. The fraction of sp³-hybridized carbons (Fsp3) is 0.667. The molecule has 16 heavy (non-hydrogen) atoms. The van der Waals surface area contributed by atoms with E-state index in [9.17, 15) is 4.79 Å². The van der Waals surface area contributed by atoms with Crippen molar-refractivity contribution in [2.24, 2.45) is 0 Å². The van der Waals surface area contributed by atoms with Gasteiger partial charge in [0.05, 0.1) is 0 Å². The number of H-pyrrole nitrogens is 1. The lowest BCUT2D eigenvalue weighted by molar-refractivity contribution is 0.607. The molecule has 0 aliphatic heterocycles. The van der Waals surface area contributed by atoms with E-state index in [-0.39, 0.29) is 5.69 Å². The number of nitrogens with zero attached hydrogens (tertiary/aromatic N) is 1. The summed E-state index contributed by atoms with van der Waals surface area (Å²) in [7, 11) is 0. The van der Waals surface area contributed by atoms with Crippen LogP contribution in [0.25, 0.3) is 0 Å². The van der Waals surface area contributed by atoms with Crippen molar-refractivity contribution in [3.8, 4) is 0 Å². The molecule has 1 aromatic rings. The lowest BCUT2D eigenvalue weighted by Crippen LogP contribution is -2.13. The van der Waals surface area contributed by atoms with Crippen molar-refractivity contribution in [3.63, 3.8) is 0 Å². The Morgan fingerprint density at radius 1 is 1.25 bits per heavy atom. The summed E-state index contributed by atoms with van der Waals surface area (Å²) >= 11 is 0. The zero-order valence-electron chi connectivity index (χ0n) is 9.96. The van der Waals surface area contributed by atoms with E-state index < -0.39 is 0 Å². The van der Waals surface area contributed by atoms with E-state index in [2.05, 4.69) is 16.9 Å². The number of rotatable bonds is 7. The van der Waals surface area contributed by atoms with Crippen molar-refractivity contribution in [1.29, 1.82) is 0 Å². The highest BCUT2D eigenvalue weighted by atomic mass is 16.1. The molecule has 0 radical (unpaired) electrons. The SMILES string of the molecule is CCCCCCCCc1cnc(=O)[nH]c1N. The van der Waals surface area contributed by atoms with Crippen LogP contribution < -0.4 is 11.4 Å². The van der Waals surface area contributed by atoms with Gasteiger partial charge in [-0.25, -0.2) is 9.78 Å². The molecule has 0 fully saturated rings. The van der Waals surface area contributed by atoms with Gasteiger partial charge in [0.15, 0.2) is 0 Å². The number of hydrogen-bond acceptors (Lipinski definition) is 3. The lowest BCUT2D eigenvalue weighted by atomic mass is 10.1. The minimum Gasteiger partial charge on any atom is -0.385 e. The van der Waals surface area contributed by atoms with E-state index in [1.165, 1.54) is 32.1 Å². The molecule has 0 atom stereocenters. The first-order chi connectivity index (χ1) is 7.74. The summed E-state index contributed by atoms with van der Waals surface area (Å²) in [4.78, 5) is 17.0. The molecule has 3 N–H and O–H groups in total. The third-order valence-electron chi connectivity index (χ3n) is 2.72. The third-order valence-corrected chi connectivity index (χ3v) is 2.72. The molecule has 0 aliphatic carbocycles. The Hall–Kier alpha value is -1.32. The van der Waals surface area contributed by atoms with Gasteiger partial charge < -0.3 is 5.73 Å². The maximum atomic E-state index is 10.8. The van der Waals surface area contributed by atoms with Gasteiger partial charge in [-0.3, -0.25) is 4.98 Å². The molecule has 4 heteroatoms. The Kier molecular flexibility index (Phi) is 5.61. The van der Waals surface area contributed by atoms with Crippen LogP contribution in [0.1, 0.15) is 51.0 Å². The predicted molar refractivity (Wildman–Crippen MR) is 66.4 cm³/mol. The molecular formula is C12H21N3O. The number of aromatic amines is 1. The normalized spacial score (nSPS) is 10.6. The smallest absolute Gasteiger partial charge is 0.346 e. The van der Waals surface area contributed by atoms with Gasteiger partial charge >= 0.3 is 5.69 Å². The maximum Gasteiger partial charge on any atom is 0.346 e. The van der Waals surface area contributed by atoms with Crippen LogP contribution in [-0.4, -0.2) is 9.97 Å². The molecule has 0 amide bonds. The summed E-state index contributed by atoms with van der Waals surface area (Å²) in [5.41, 5.74) is 6.27. The number of anilines is 1. The Morgan fingerprint density at radius 2 is 1.94 bits per heavy atom. The maximum absolute atomic E-state index is 10.8. The monoisotopic (exact) mass is 223 g/mol. The van der Waals surface area contributed by atoms with Gasteiger partial charge in [-0.2, -0.15) is 0 Å². The number of aromatic nitrogens is 2. The zero-order valence-corrected chi connectivity index (χ0v) is 9.96. The number of aryl methyl sites for hydroxylation is 1. The average molecular weight is 223 g/mol. The van der Waals surface area contributed by atoms with Crippen LogP contribution in [0.5, 0.6) is 0 Å². The summed E-state index contributed by atoms with van der Waals surface area (Å²) < 4.78 is 0. The highest BCUT2D eigenvalue weighted by Crippen LogP contribution is 2.11. The van der Waals surface area contributed by atoms with Crippen molar-refractivity contribution in [1.82, 2.24) is 9.97 Å². The first kappa shape index (κ1) is 12.7. The molecule has 0 saturated carbocycles. The van der Waals surface area contributed by atoms with Crippen LogP contribution in [0.3, 0.4) is 0 Å².